The van der Waals surface area contributed by atoms with E-state index in [1.165, 1.54) is 5.56 Å². The summed E-state index contributed by atoms with van der Waals surface area (Å²) in [5.41, 5.74) is 4.06. The first-order valence-electron chi connectivity index (χ1n) is 11.4. The third-order valence-corrected chi connectivity index (χ3v) is 5.84. The molecule has 0 spiro atoms. The van der Waals surface area contributed by atoms with Crippen LogP contribution in [0, 0.1) is 6.92 Å². The van der Waals surface area contributed by atoms with E-state index >= 15 is 0 Å². The number of fused-ring (bicyclic) bond motifs is 1. The Morgan fingerprint density at radius 3 is 2.32 bits per heavy atom. The molecule has 174 valence electrons. The summed E-state index contributed by atoms with van der Waals surface area (Å²) in [6.45, 7) is 8.51. The van der Waals surface area contributed by atoms with Gasteiger partial charge in [0.25, 0.3) is 5.91 Å². The van der Waals surface area contributed by atoms with Gasteiger partial charge in [0.1, 0.15) is 12.1 Å². The molecule has 5 rings (SSSR count). The highest BCUT2D eigenvalue weighted by Gasteiger charge is 2.25. The number of hydrogen-bond donors (Lipinski definition) is 0. The van der Waals surface area contributed by atoms with Crippen molar-refractivity contribution < 1.29 is 9.53 Å². The molecule has 0 aliphatic carbocycles. The predicted molar refractivity (Wildman–Crippen MR) is 130 cm³/mol. The lowest BCUT2D eigenvalue weighted by atomic mass is 10.1. The molecule has 1 aliphatic rings. The fourth-order valence-corrected chi connectivity index (χ4v) is 4.08. The van der Waals surface area contributed by atoms with Crippen molar-refractivity contribution in [3.63, 3.8) is 0 Å². The van der Waals surface area contributed by atoms with Gasteiger partial charge >= 0.3 is 0 Å². The Kier molecular flexibility index (Phi) is 5.83. The van der Waals surface area contributed by atoms with Crippen LogP contribution in [-0.2, 0) is 0 Å². The molecule has 0 N–H and O–H groups in total. The molecule has 0 radical (unpaired) electrons. The summed E-state index contributed by atoms with van der Waals surface area (Å²) in [6.07, 6.45) is 1.64. The molecular formula is C25H27N7O2. The van der Waals surface area contributed by atoms with Crippen LogP contribution >= 0.6 is 0 Å². The number of rotatable bonds is 5. The zero-order valence-corrected chi connectivity index (χ0v) is 19.5. The van der Waals surface area contributed by atoms with Crippen LogP contribution in [0.1, 0.15) is 29.8 Å². The van der Waals surface area contributed by atoms with Gasteiger partial charge in [-0.05, 0) is 57.2 Å². The molecule has 9 nitrogen and oxygen atoms in total. The highest BCUT2D eigenvalue weighted by atomic mass is 16.5. The number of carbonyl (C=O) groups is 1. The maximum atomic E-state index is 13.0. The number of anilines is 1. The maximum Gasteiger partial charge on any atom is 0.253 e. The molecule has 1 fully saturated rings. The SMILES string of the molecule is Cc1ccc(-n2nnc3c(N4CCN(C(=O)c5ccc(OC(C)C)cc5)CC4)ncnc32)cc1. The monoisotopic (exact) mass is 457 g/mol. The standard InChI is InChI=1S/C25H27N7O2/c1-17(2)34-21-10-6-19(7-11-21)25(33)31-14-12-30(13-15-31)23-22-24(27-16-26-23)32(29-28-22)20-8-4-18(3)5-9-20/h4-11,16-17H,12-15H2,1-3H3. The average molecular weight is 458 g/mol. The largest absolute Gasteiger partial charge is 0.491 e. The summed E-state index contributed by atoms with van der Waals surface area (Å²) in [4.78, 5) is 25.9. The number of nitrogens with zero attached hydrogens (tertiary/aromatic N) is 7. The number of ether oxygens (including phenoxy) is 1. The fraction of sp³-hybridized carbons (Fsp3) is 0.320. The van der Waals surface area contributed by atoms with Crippen molar-refractivity contribution in [2.24, 2.45) is 0 Å². The van der Waals surface area contributed by atoms with Crippen molar-refractivity contribution in [3.8, 4) is 11.4 Å². The quantitative estimate of drug-likeness (QED) is 0.454. The third kappa shape index (κ3) is 4.28. The molecule has 3 heterocycles. The lowest BCUT2D eigenvalue weighted by Gasteiger charge is -2.35. The fourth-order valence-electron chi connectivity index (χ4n) is 4.08. The van der Waals surface area contributed by atoms with Crippen LogP contribution < -0.4 is 9.64 Å². The van der Waals surface area contributed by atoms with Crippen molar-refractivity contribution in [2.75, 3.05) is 31.1 Å². The lowest BCUT2D eigenvalue weighted by Crippen LogP contribution is -2.49. The van der Waals surface area contributed by atoms with Crippen LogP contribution in [0.4, 0.5) is 5.82 Å². The van der Waals surface area contributed by atoms with Gasteiger partial charge in [0.05, 0.1) is 11.8 Å². The van der Waals surface area contributed by atoms with Crippen LogP contribution in [0.3, 0.4) is 0 Å². The number of hydrogen-bond acceptors (Lipinski definition) is 7. The van der Waals surface area contributed by atoms with Crippen molar-refractivity contribution in [1.82, 2.24) is 29.9 Å². The predicted octanol–water partition coefficient (Wildman–Crippen LogP) is 3.27. The Hall–Kier alpha value is -4.01. The first kappa shape index (κ1) is 21.8. The molecule has 2 aromatic carbocycles. The van der Waals surface area contributed by atoms with Gasteiger partial charge in [-0.3, -0.25) is 4.79 Å². The maximum absolute atomic E-state index is 13.0. The van der Waals surface area contributed by atoms with Gasteiger partial charge in [0, 0.05) is 31.7 Å². The van der Waals surface area contributed by atoms with Crippen LogP contribution in [0.2, 0.25) is 0 Å². The summed E-state index contributed by atoms with van der Waals surface area (Å²) in [5.74, 6) is 1.53. The molecule has 0 unspecified atom stereocenters. The molecule has 4 aromatic rings. The number of aromatic nitrogens is 5. The van der Waals surface area contributed by atoms with E-state index in [2.05, 4.69) is 25.2 Å². The Morgan fingerprint density at radius 2 is 1.65 bits per heavy atom. The molecule has 2 aromatic heterocycles. The Morgan fingerprint density at radius 1 is 0.941 bits per heavy atom. The van der Waals surface area contributed by atoms with E-state index in [-0.39, 0.29) is 12.0 Å². The first-order chi connectivity index (χ1) is 16.5. The van der Waals surface area contributed by atoms with Gasteiger partial charge < -0.3 is 14.5 Å². The smallest absolute Gasteiger partial charge is 0.253 e. The van der Waals surface area contributed by atoms with Crippen LogP contribution in [-0.4, -0.2) is 68.1 Å². The zero-order chi connectivity index (χ0) is 23.7. The second-order valence-corrected chi connectivity index (χ2v) is 8.68. The van der Waals surface area contributed by atoms with E-state index in [4.69, 9.17) is 4.74 Å². The van der Waals surface area contributed by atoms with Crippen LogP contribution in [0.15, 0.2) is 54.9 Å². The molecular weight excluding hydrogens is 430 g/mol. The molecule has 1 amide bonds. The highest BCUT2D eigenvalue weighted by Crippen LogP contribution is 2.24. The number of carbonyl (C=O) groups excluding carboxylic acids is 1. The van der Waals surface area contributed by atoms with Gasteiger partial charge in [-0.1, -0.05) is 22.9 Å². The summed E-state index contributed by atoms with van der Waals surface area (Å²) < 4.78 is 7.40. The van der Waals surface area contributed by atoms with Gasteiger partial charge in [0.15, 0.2) is 17.0 Å². The van der Waals surface area contributed by atoms with E-state index < -0.39 is 0 Å². The number of amides is 1. The van der Waals surface area contributed by atoms with E-state index in [1.807, 2.05) is 74.2 Å². The Bertz CT molecular complexity index is 1290. The van der Waals surface area contributed by atoms with Gasteiger partial charge in [-0.25, -0.2) is 9.97 Å². The minimum absolute atomic E-state index is 0.0221. The summed E-state index contributed by atoms with van der Waals surface area (Å²) in [5, 5.41) is 8.70. The minimum Gasteiger partial charge on any atom is -0.491 e. The topological polar surface area (TPSA) is 89.3 Å². The van der Waals surface area contributed by atoms with E-state index in [0.29, 0.717) is 42.9 Å². The number of aryl methyl sites for hydroxylation is 1. The first-order valence-corrected chi connectivity index (χ1v) is 11.4. The van der Waals surface area contributed by atoms with Crippen molar-refractivity contribution in [3.05, 3.63) is 66.0 Å². The van der Waals surface area contributed by atoms with Gasteiger partial charge in [-0.2, -0.15) is 4.68 Å². The van der Waals surface area contributed by atoms with Crippen LogP contribution in [0.5, 0.6) is 5.75 Å². The summed E-state index contributed by atoms with van der Waals surface area (Å²) >= 11 is 0. The molecule has 0 atom stereocenters. The van der Waals surface area contributed by atoms with Gasteiger partial charge in [-0.15, -0.1) is 5.10 Å². The third-order valence-electron chi connectivity index (χ3n) is 5.84. The van der Waals surface area contributed by atoms with E-state index in [1.54, 1.807) is 11.0 Å². The molecule has 1 saturated heterocycles. The Balaban J connectivity index is 1.29. The number of benzene rings is 2. The van der Waals surface area contributed by atoms with Crippen molar-refractivity contribution in [1.29, 1.82) is 0 Å². The summed E-state index contributed by atoms with van der Waals surface area (Å²) in [6, 6.07) is 15.4. The van der Waals surface area contributed by atoms with Gasteiger partial charge in [0.2, 0.25) is 0 Å². The molecule has 34 heavy (non-hydrogen) atoms. The normalized spacial score (nSPS) is 14.1. The van der Waals surface area contributed by atoms with Crippen molar-refractivity contribution in [2.45, 2.75) is 26.9 Å². The molecule has 1 aliphatic heterocycles. The van der Waals surface area contributed by atoms with E-state index in [0.717, 1.165) is 17.3 Å². The zero-order valence-electron chi connectivity index (χ0n) is 19.5. The molecule has 0 bridgehead atoms. The lowest BCUT2D eigenvalue weighted by molar-refractivity contribution is 0.0746. The van der Waals surface area contributed by atoms with Crippen molar-refractivity contribution >= 4 is 22.9 Å². The Labute approximate surface area is 198 Å². The summed E-state index contributed by atoms with van der Waals surface area (Å²) in [7, 11) is 0. The minimum atomic E-state index is 0.0221. The second-order valence-electron chi connectivity index (χ2n) is 8.68. The number of piperazine rings is 1. The second kappa shape index (κ2) is 9.09. The molecule has 9 heteroatoms. The highest BCUT2D eigenvalue weighted by molar-refractivity contribution is 5.94. The van der Waals surface area contributed by atoms with E-state index in [9.17, 15) is 4.79 Å². The average Bonchev–Trinajstić information content (AvgIpc) is 3.29. The van der Waals surface area contributed by atoms with Crippen LogP contribution in [0.25, 0.3) is 16.9 Å². The molecule has 0 saturated carbocycles.